The van der Waals surface area contributed by atoms with Crippen molar-refractivity contribution in [1.29, 1.82) is 0 Å². The summed E-state index contributed by atoms with van der Waals surface area (Å²) in [4.78, 5) is 23.7. The minimum absolute atomic E-state index is 0.000280. The summed E-state index contributed by atoms with van der Waals surface area (Å²) in [6.07, 6.45) is 28.6. The van der Waals surface area contributed by atoms with Crippen LogP contribution in [0.2, 0.25) is 0 Å². The van der Waals surface area contributed by atoms with Crippen molar-refractivity contribution in [2.75, 3.05) is 13.2 Å². The zero-order valence-electron chi connectivity index (χ0n) is 24.6. The van der Waals surface area contributed by atoms with E-state index in [2.05, 4.69) is 13.8 Å². The van der Waals surface area contributed by atoms with E-state index in [1.165, 1.54) is 103 Å². The van der Waals surface area contributed by atoms with Gasteiger partial charge in [-0.15, -0.1) is 0 Å². The first kappa shape index (κ1) is 34.9. The van der Waals surface area contributed by atoms with Crippen LogP contribution in [0.3, 0.4) is 0 Å². The molecular formula is C32H62O4. The Morgan fingerprint density at radius 3 is 1.36 bits per heavy atom. The molecule has 0 fully saturated rings. The molecule has 0 aromatic heterocycles. The van der Waals surface area contributed by atoms with Crippen LogP contribution in [0, 0.1) is 5.92 Å². The average molecular weight is 511 g/mol. The molecule has 0 rings (SSSR count). The molecule has 0 aliphatic rings. The lowest BCUT2D eigenvalue weighted by Crippen LogP contribution is -2.15. The van der Waals surface area contributed by atoms with Gasteiger partial charge in [-0.05, 0) is 25.7 Å². The van der Waals surface area contributed by atoms with E-state index in [0.717, 1.165) is 44.9 Å². The zero-order chi connectivity index (χ0) is 26.5. The molecule has 4 nitrogen and oxygen atoms in total. The van der Waals surface area contributed by atoms with E-state index >= 15 is 0 Å². The lowest BCUT2D eigenvalue weighted by molar-refractivity contribution is -0.148. The van der Waals surface area contributed by atoms with Gasteiger partial charge in [0.25, 0.3) is 0 Å². The minimum Gasteiger partial charge on any atom is -0.466 e. The summed E-state index contributed by atoms with van der Waals surface area (Å²) in [7, 11) is 0. The Kier molecular flexibility index (Phi) is 27.7. The van der Waals surface area contributed by atoms with Crippen molar-refractivity contribution < 1.29 is 19.1 Å². The number of rotatable bonds is 28. The largest absolute Gasteiger partial charge is 0.466 e. The molecule has 0 saturated carbocycles. The van der Waals surface area contributed by atoms with E-state index in [-0.39, 0.29) is 17.9 Å². The van der Waals surface area contributed by atoms with Gasteiger partial charge in [-0.3, -0.25) is 9.59 Å². The maximum absolute atomic E-state index is 12.0. The van der Waals surface area contributed by atoms with Gasteiger partial charge in [0, 0.05) is 6.42 Å². The van der Waals surface area contributed by atoms with Crippen molar-refractivity contribution in [2.24, 2.45) is 5.92 Å². The number of unbranched alkanes of at least 4 members (excludes halogenated alkanes) is 19. The summed E-state index contributed by atoms with van der Waals surface area (Å²) in [5, 5.41) is 0. The molecule has 0 aliphatic carbocycles. The predicted molar refractivity (Wildman–Crippen MR) is 153 cm³/mol. The van der Waals surface area contributed by atoms with Gasteiger partial charge in [-0.25, -0.2) is 0 Å². The molecule has 0 heterocycles. The third-order valence-corrected chi connectivity index (χ3v) is 7.17. The monoisotopic (exact) mass is 510 g/mol. The van der Waals surface area contributed by atoms with Crippen molar-refractivity contribution in [3.8, 4) is 0 Å². The Balaban J connectivity index is 3.26. The quantitative estimate of drug-likeness (QED) is 0.0776. The second kappa shape index (κ2) is 28.5. The van der Waals surface area contributed by atoms with Crippen LogP contribution < -0.4 is 0 Å². The predicted octanol–water partition coefficient (Wildman–Crippen LogP) is 10.1. The first-order chi connectivity index (χ1) is 17.6. The SMILES string of the molecule is CCCCCCOC(=O)CCCCCCCCCCCCCCCCC(C)C(=O)OCCCCCC. The van der Waals surface area contributed by atoms with Gasteiger partial charge in [0.15, 0.2) is 0 Å². The molecule has 4 heteroatoms. The standard InChI is InChI=1S/C32H62O4/c1-4-6-8-24-28-35-31(33)27-23-21-19-17-15-13-11-10-12-14-16-18-20-22-26-30(3)32(34)36-29-25-9-7-5-2/h30H,4-29H2,1-3H3. The summed E-state index contributed by atoms with van der Waals surface area (Å²) < 4.78 is 10.7. The van der Waals surface area contributed by atoms with Crippen LogP contribution in [0.15, 0.2) is 0 Å². The highest BCUT2D eigenvalue weighted by molar-refractivity contribution is 5.71. The number of ether oxygens (including phenoxy) is 2. The first-order valence-electron chi connectivity index (χ1n) is 15.9. The zero-order valence-corrected chi connectivity index (χ0v) is 24.6. The fourth-order valence-electron chi connectivity index (χ4n) is 4.59. The Bertz CT molecular complexity index is 477. The van der Waals surface area contributed by atoms with Gasteiger partial charge in [0.1, 0.15) is 0 Å². The molecule has 0 amide bonds. The summed E-state index contributed by atoms with van der Waals surface area (Å²) in [6.45, 7) is 7.61. The summed E-state index contributed by atoms with van der Waals surface area (Å²) >= 11 is 0. The highest BCUT2D eigenvalue weighted by Gasteiger charge is 2.13. The van der Waals surface area contributed by atoms with E-state index in [1.54, 1.807) is 0 Å². The van der Waals surface area contributed by atoms with Gasteiger partial charge in [-0.1, -0.05) is 143 Å². The molecule has 0 N–H and O–H groups in total. The van der Waals surface area contributed by atoms with Crippen molar-refractivity contribution in [3.63, 3.8) is 0 Å². The smallest absolute Gasteiger partial charge is 0.308 e. The summed E-state index contributed by atoms with van der Waals surface area (Å²) in [6, 6.07) is 0. The maximum Gasteiger partial charge on any atom is 0.308 e. The van der Waals surface area contributed by atoms with Crippen molar-refractivity contribution in [2.45, 2.75) is 175 Å². The molecule has 0 bridgehead atoms. The van der Waals surface area contributed by atoms with Crippen LogP contribution in [-0.4, -0.2) is 25.2 Å². The second-order valence-corrected chi connectivity index (χ2v) is 10.9. The van der Waals surface area contributed by atoms with Gasteiger partial charge in [0.2, 0.25) is 0 Å². The van der Waals surface area contributed by atoms with Gasteiger partial charge in [-0.2, -0.15) is 0 Å². The van der Waals surface area contributed by atoms with Crippen LogP contribution in [0.4, 0.5) is 0 Å². The van der Waals surface area contributed by atoms with Crippen molar-refractivity contribution in [3.05, 3.63) is 0 Å². The number of carbonyl (C=O) groups excluding carboxylic acids is 2. The van der Waals surface area contributed by atoms with Gasteiger partial charge in [0.05, 0.1) is 19.1 Å². The molecule has 214 valence electrons. The van der Waals surface area contributed by atoms with Crippen LogP contribution >= 0.6 is 0 Å². The molecule has 0 aliphatic heterocycles. The van der Waals surface area contributed by atoms with Crippen molar-refractivity contribution in [1.82, 2.24) is 0 Å². The van der Waals surface area contributed by atoms with Crippen LogP contribution in [0.25, 0.3) is 0 Å². The molecule has 1 unspecified atom stereocenters. The van der Waals surface area contributed by atoms with E-state index in [4.69, 9.17) is 9.47 Å². The number of hydrogen-bond acceptors (Lipinski definition) is 4. The minimum atomic E-state index is -0.00532. The fourth-order valence-corrected chi connectivity index (χ4v) is 4.59. The van der Waals surface area contributed by atoms with Crippen LogP contribution in [0.5, 0.6) is 0 Å². The summed E-state index contributed by atoms with van der Waals surface area (Å²) in [5.41, 5.74) is 0. The van der Waals surface area contributed by atoms with Crippen LogP contribution in [-0.2, 0) is 19.1 Å². The highest BCUT2D eigenvalue weighted by Crippen LogP contribution is 2.16. The Labute approximate surface area is 225 Å². The van der Waals surface area contributed by atoms with Gasteiger partial charge >= 0.3 is 11.9 Å². The first-order valence-corrected chi connectivity index (χ1v) is 15.9. The van der Waals surface area contributed by atoms with Gasteiger partial charge < -0.3 is 9.47 Å². The molecule has 0 radical (unpaired) electrons. The van der Waals surface area contributed by atoms with Crippen molar-refractivity contribution >= 4 is 11.9 Å². The Morgan fingerprint density at radius 1 is 0.500 bits per heavy atom. The van der Waals surface area contributed by atoms with Crippen LogP contribution in [0.1, 0.15) is 175 Å². The molecule has 0 aromatic rings. The fraction of sp³-hybridized carbons (Fsp3) is 0.938. The third kappa shape index (κ3) is 26.0. The van der Waals surface area contributed by atoms with E-state index in [0.29, 0.717) is 19.6 Å². The molecule has 0 spiro atoms. The third-order valence-electron chi connectivity index (χ3n) is 7.17. The Morgan fingerprint density at radius 2 is 0.889 bits per heavy atom. The molecular weight excluding hydrogens is 448 g/mol. The molecule has 36 heavy (non-hydrogen) atoms. The summed E-state index contributed by atoms with van der Waals surface area (Å²) in [5.74, 6) is 0.0479. The molecule has 1 atom stereocenters. The van der Waals surface area contributed by atoms with E-state index in [9.17, 15) is 9.59 Å². The molecule has 0 aromatic carbocycles. The number of hydrogen-bond donors (Lipinski definition) is 0. The number of carbonyl (C=O) groups is 2. The average Bonchev–Trinajstić information content (AvgIpc) is 2.87. The lowest BCUT2D eigenvalue weighted by atomic mass is 10.0. The Hall–Kier alpha value is -1.06. The highest BCUT2D eigenvalue weighted by atomic mass is 16.5. The normalized spacial score (nSPS) is 12.0. The number of esters is 2. The maximum atomic E-state index is 12.0. The second-order valence-electron chi connectivity index (χ2n) is 10.9. The lowest BCUT2D eigenvalue weighted by Gasteiger charge is -2.11. The molecule has 0 saturated heterocycles. The van der Waals surface area contributed by atoms with E-state index < -0.39 is 0 Å². The topological polar surface area (TPSA) is 52.6 Å². The van der Waals surface area contributed by atoms with E-state index in [1.807, 2.05) is 6.92 Å².